The van der Waals surface area contributed by atoms with Gasteiger partial charge in [-0.15, -0.1) is 0 Å². The fourth-order valence-electron chi connectivity index (χ4n) is 1.54. The van der Waals surface area contributed by atoms with E-state index in [9.17, 15) is 9.90 Å². The lowest BCUT2D eigenvalue weighted by molar-refractivity contribution is 0.0691. The summed E-state index contributed by atoms with van der Waals surface area (Å²) >= 11 is 0. The minimum Gasteiger partial charge on any atom is -0.390 e. The van der Waals surface area contributed by atoms with Gasteiger partial charge in [0.1, 0.15) is 0 Å². The molecule has 0 fully saturated rings. The molecule has 0 aliphatic rings. The molecule has 1 aromatic carbocycles. The lowest BCUT2D eigenvalue weighted by Crippen LogP contribution is -2.18. The van der Waals surface area contributed by atoms with Crippen LogP contribution in [0.5, 0.6) is 0 Å². The fourth-order valence-corrected chi connectivity index (χ4v) is 1.54. The lowest BCUT2D eigenvalue weighted by Gasteiger charge is -2.15. The van der Waals surface area contributed by atoms with Crippen LogP contribution in [-0.4, -0.2) is 16.6 Å². The van der Waals surface area contributed by atoms with Gasteiger partial charge in [0.25, 0.3) is 5.91 Å². The zero-order valence-electron chi connectivity index (χ0n) is 11.0. The van der Waals surface area contributed by atoms with Crippen LogP contribution in [0.25, 0.3) is 0 Å². The number of unbranched alkanes of at least 4 members (excludes halogenated alkanes) is 1. The number of carbonyl (C=O) groups excluding carboxylic acids is 1. The Morgan fingerprint density at radius 2 is 2.00 bits per heavy atom. The molecule has 0 unspecified atom stereocenters. The average molecular weight is 247 g/mol. The van der Waals surface area contributed by atoms with Gasteiger partial charge < -0.3 is 10.4 Å². The number of hydrogen-bond donors (Lipinski definition) is 2. The molecule has 1 amide bonds. The Balaban J connectivity index is 2.23. The number of benzene rings is 1. The van der Waals surface area contributed by atoms with E-state index in [0.29, 0.717) is 5.56 Å². The zero-order chi connectivity index (χ0) is 13.4. The Bertz CT molecular complexity index is 391. The molecule has 0 atom stereocenters. The molecule has 0 aromatic heterocycles. The number of amides is 1. The maximum absolute atomic E-state index is 11.6. The molecular formula is C15H21NO2. The van der Waals surface area contributed by atoms with E-state index in [-0.39, 0.29) is 5.91 Å². The molecule has 0 radical (unpaired) electrons. The molecule has 0 heterocycles. The summed E-state index contributed by atoms with van der Waals surface area (Å²) in [5.41, 5.74) is 0.0415. The smallest absolute Gasteiger partial charge is 0.255 e. The monoisotopic (exact) mass is 247 g/mol. The molecule has 0 spiro atoms. The van der Waals surface area contributed by atoms with Gasteiger partial charge in [-0.1, -0.05) is 24.3 Å². The summed E-state index contributed by atoms with van der Waals surface area (Å²) < 4.78 is 0. The molecule has 0 saturated heterocycles. The number of aliphatic hydroxyl groups is 1. The average Bonchev–Trinajstić information content (AvgIpc) is 2.33. The Morgan fingerprint density at radius 1 is 1.33 bits per heavy atom. The Kier molecular flexibility index (Phi) is 5.59. The van der Waals surface area contributed by atoms with Crippen molar-refractivity contribution in [3.05, 3.63) is 48.2 Å². The maximum atomic E-state index is 11.6. The topological polar surface area (TPSA) is 49.3 Å². The molecule has 0 saturated carbocycles. The van der Waals surface area contributed by atoms with Crippen LogP contribution in [0.4, 0.5) is 0 Å². The summed E-state index contributed by atoms with van der Waals surface area (Å²) in [7, 11) is 0. The summed E-state index contributed by atoms with van der Waals surface area (Å²) in [4.78, 5) is 11.6. The highest BCUT2D eigenvalue weighted by Crippen LogP contribution is 2.11. The van der Waals surface area contributed by atoms with E-state index < -0.39 is 5.60 Å². The summed E-state index contributed by atoms with van der Waals surface area (Å²) in [6.45, 7) is 3.60. The van der Waals surface area contributed by atoms with E-state index >= 15 is 0 Å². The molecule has 2 N–H and O–H groups in total. The van der Waals surface area contributed by atoms with Crippen molar-refractivity contribution >= 4 is 5.91 Å². The van der Waals surface area contributed by atoms with Crippen LogP contribution in [-0.2, 0) is 0 Å². The Labute approximate surface area is 109 Å². The second kappa shape index (κ2) is 6.97. The molecule has 18 heavy (non-hydrogen) atoms. The van der Waals surface area contributed by atoms with Crippen LogP contribution in [0.3, 0.4) is 0 Å². The number of rotatable bonds is 6. The zero-order valence-corrected chi connectivity index (χ0v) is 11.0. The van der Waals surface area contributed by atoms with Crippen LogP contribution >= 0.6 is 0 Å². The Morgan fingerprint density at radius 3 is 2.61 bits per heavy atom. The second-order valence-electron chi connectivity index (χ2n) is 4.95. The quantitative estimate of drug-likeness (QED) is 0.759. The predicted octanol–water partition coefficient (Wildman–Crippen LogP) is 2.87. The van der Waals surface area contributed by atoms with Gasteiger partial charge in [-0.25, -0.2) is 0 Å². The highest BCUT2D eigenvalue weighted by molar-refractivity contribution is 5.94. The fraction of sp³-hybridized carbons (Fsp3) is 0.400. The van der Waals surface area contributed by atoms with Crippen LogP contribution in [0.15, 0.2) is 42.6 Å². The van der Waals surface area contributed by atoms with Gasteiger partial charge >= 0.3 is 0 Å². The predicted molar refractivity (Wildman–Crippen MR) is 73.2 cm³/mol. The first-order valence-corrected chi connectivity index (χ1v) is 6.22. The van der Waals surface area contributed by atoms with Crippen molar-refractivity contribution in [2.24, 2.45) is 0 Å². The number of nitrogens with one attached hydrogen (secondary N) is 1. The van der Waals surface area contributed by atoms with E-state index in [1.165, 1.54) is 0 Å². The minimum absolute atomic E-state index is 0.102. The molecule has 0 bridgehead atoms. The maximum Gasteiger partial charge on any atom is 0.255 e. The highest BCUT2D eigenvalue weighted by atomic mass is 16.3. The van der Waals surface area contributed by atoms with Crippen molar-refractivity contribution in [2.75, 3.05) is 0 Å². The van der Waals surface area contributed by atoms with Gasteiger partial charge in [-0.3, -0.25) is 4.79 Å². The van der Waals surface area contributed by atoms with Gasteiger partial charge in [0, 0.05) is 11.8 Å². The number of hydrogen-bond acceptors (Lipinski definition) is 2. The van der Waals surface area contributed by atoms with Gasteiger partial charge in [0.05, 0.1) is 5.60 Å². The third kappa shape index (κ3) is 6.21. The van der Waals surface area contributed by atoms with E-state index in [2.05, 4.69) is 5.32 Å². The van der Waals surface area contributed by atoms with Crippen molar-refractivity contribution in [1.82, 2.24) is 5.32 Å². The van der Waals surface area contributed by atoms with E-state index in [1.54, 1.807) is 32.2 Å². The standard InChI is InChI=1S/C15H21NO2/c1-15(2,18)11-7-4-8-12-16-14(17)13-9-5-3-6-10-13/h3,5-6,8-10,12,18H,4,7,11H2,1-2H3,(H,16,17)/b12-8+. The van der Waals surface area contributed by atoms with Gasteiger partial charge in [0.2, 0.25) is 0 Å². The SMILES string of the molecule is CC(C)(O)CCC/C=C/NC(=O)c1ccccc1. The first-order chi connectivity index (χ1) is 8.49. The van der Waals surface area contributed by atoms with E-state index in [0.717, 1.165) is 19.3 Å². The molecule has 3 heteroatoms. The van der Waals surface area contributed by atoms with Crippen molar-refractivity contribution in [3.8, 4) is 0 Å². The number of carbonyl (C=O) groups is 1. The van der Waals surface area contributed by atoms with Crippen molar-refractivity contribution in [3.63, 3.8) is 0 Å². The summed E-state index contributed by atoms with van der Waals surface area (Å²) in [5.74, 6) is -0.102. The summed E-state index contributed by atoms with van der Waals surface area (Å²) in [6.07, 6.45) is 6.08. The molecular weight excluding hydrogens is 226 g/mol. The molecule has 1 rings (SSSR count). The lowest BCUT2D eigenvalue weighted by atomic mass is 10.0. The van der Waals surface area contributed by atoms with Crippen LogP contribution in [0, 0.1) is 0 Å². The third-order valence-electron chi connectivity index (χ3n) is 2.53. The van der Waals surface area contributed by atoms with Crippen LogP contribution in [0.1, 0.15) is 43.5 Å². The normalized spacial score (nSPS) is 11.7. The van der Waals surface area contributed by atoms with Crippen molar-refractivity contribution in [2.45, 2.75) is 38.7 Å². The first kappa shape index (κ1) is 14.5. The summed E-state index contributed by atoms with van der Waals surface area (Å²) in [6, 6.07) is 9.10. The molecule has 98 valence electrons. The first-order valence-electron chi connectivity index (χ1n) is 6.22. The van der Waals surface area contributed by atoms with E-state index in [4.69, 9.17) is 0 Å². The molecule has 0 aliphatic carbocycles. The molecule has 3 nitrogen and oxygen atoms in total. The van der Waals surface area contributed by atoms with Gasteiger partial charge in [-0.2, -0.15) is 0 Å². The summed E-state index contributed by atoms with van der Waals surface area (Å²) in [5, 5.41) is 12.2. The number of allylic oxidation sites excluding steroid dienone is 1. The highest BCUT2D eigenvalue weighted by Gasteiger charge is 2.10. The molecule has 1 aromatic rings. The Hall–Kier alpha value is -1.61. The van der Waals surface area contributed by atoms with Crippen molar-refractivity contribution in [1.29, 1.82) is 0 Å². The molecule has 0 aliphatic heterocycles. The van der Waals surface area contributed by atoms with Crippen LogP contribution in [0.2, 0.25) is 0 Å². The van der Waals surface area contributed by atoms with Gasteiger partial charge in [0.15, 0.2) is 0 Å². The van der Waals surface area contributed by atoms with Gasteiger partial charge in [-0.05, 0) is 45.2 Å². The van der Waals surface area contributed by atoms with Crippen LogP contribution < -0.4 is 5.32 Å². The third-order valence-corrected chi connectivity index (χ3v) is 2.53. The minimum atomic E-state index is -0.610. The van der Waals surface area contributed by atoms with E-state index in [1.807, 2.05) is 24.3 Å². The largest absolute Gasteiger partial charge is 0.390 e. The second-order valence-corrected chi connectivity index (χ2v) is 4.95. The van der Waals surface area contributed by atoms with Crippen molar-refractivity contribution < 1.29 is 9.90 Å².